The number of nitrogens with zero attached hydrogens (tertiary/aromatic N) is 2. The number of imidazole rings is 1. The Kier molecular flexibility index (Phi) is 3.54. The van der Waals surface area contributed by atoms with E-state index in [1.54, 1.807) is 41.1 Å². The Morgan fingerprint density at radius 1 is 1.29 bits per heavy atom. The molecule has 1 aliphatic rings. The number of benzene rings is 1. The number of hydrogen-bond donors (Lipinski definition) is 2. The number of hydrogen-bond acceptors (Lipinski definition) is 3. The fraction of sp³-hybridized carbons (Fsp3) is 0.222. The van der Waals surface area contributed by atoms with Crippen molar-refractivity contribution in [2.24, 2.45) is 5.92 Å². The van der Waals surface area contributed by atoms with Crippen LogP contribution in [0.3, 0.4) is 0 Å². The van der Waals surface area contributed by atoms with Gasteiger partial charge in [-0.1, -0.05) is 12.1 Å². The van der Waals surface area contributed by atoms with Crippen molar-refractivity contribution in [2.75, 3.05) is 5.32 Å². The van der Waals surface area contributed by atoms with Gasteiger partial charge in [-0.05, 0) is 36.6 Å². The number of pyridine rings is 1. The Bertz CT molecular complexity index is 931. The number of anilines is 1. The molecule has 2 heterocycles. The summed E-state index contributed by atoms with van der Waals surface area (Å²) in [4.78, 5) is 16.2. The highest BCUT2D eigenvalue weighted by Crippen LogP contribution is 2.30. The van der Waals surface area contributed by atoms with E-state index >= 15 is 0 Å². The maximum Gasteiger partial charge on any atom is 0.228 e. The minimum Gasteiger partial charge on any atom is -0.392 e. The van der Waals surface area contributed by atoms with E-state index in [0.29, 0.717) is 28.2 Å². The van der Waals surface area contributed by atoms with E-state index in [4.69, 9.17) is 0 Å². The van der Waals surface area contributed by atoms with Crippen LogP contribution in [-0.4, -0.2) is 20.4 Å². The van der Waals surface area contributed by atoms with E-state index in [1.165, 1.54) is 6.07 Å². The average molecular weight is 325 g/mol. The zero-order chi connectivity index (χ0) is 16.7. The topological polar surface area (TPSA) is 66.6 Å². The molecule has 6 heteroatoms. The highest BCUT2D eigenvalue weighted by atomic mass is 19.1. The number of carbonyl (C=O) groups is 1. The molecule has 1 aliphatic carbocycles. The number of aliphatic hydroxyl groups excluding tert-OH is 1. The minimum atomic E-state index is -0.386. The molecule has 1 fully saturated rings. The fourth-order valence-electron chi connectivity index (χ4n) is 2.80. The summed E-state index contributed by atoms with van der Waals surface area (Å²) in [6.45, 7) is -0.238. The van der Waals surface area contributed by atoms with Crippen LogP contribution in [-0.2, 0) is 11.4 Å². The zero-order valence-corrected chi connectivity index (χ0v) is 12.9. The van der Waals surface area contributed by atoms with Gasteiger partial charge < -0.3 is 14.8 Å². The number of nitrogens with one attached hydrogen (secondary N) is 1. The number of fused-ring (bicyclic) bond motifs is 1. The minimum absolute atomic E-state index is 0.00435. The van der Waals surface area contributed by atoms with E-state index < -0.39 is 0 Å². The van der Waals surface area contributed by atoms with Crippen molar-refractivity contribution in [3.63, 3.8) is 0 Å². The van der Waals surface area contributed by atoms with Crippen LogP contribution in [0.2, 0.25) is 0 Å². The molecule has 5 nitrogen and oxygen atoms in total. The second kappa shape index (κ2) is 5.72. The second-order valence-corrected chi connectivity index (χ2v) is 6.00. The van der Waals surface area contributed by atoms with Gasteiger partial charge in [0.2, 0.25) is 5.91 Å². The summed E-state index contributed by atoms with van der Waals surface area (Å²) in [7, 11) is 0. The van der Waals surface area contributed by atoms with Crippen LogP contribution >= 0.6 is 0 Å². The van der Waals surface area contributed by atoms with E-state index in [2.05, 4.69) is 10.3 Å². The van der Waals surface area contributed by atoms with Gasteiger partial charge in [-0.25, -0.2) is 9.37 Å². The van der Waals surface area contributed by atoms with Crippen molar-refractivity contribution in [3.8, 4) is 11.1 Å². The molecule has 0 aliphatic heterocycles. The molecule has 4 rings (SSSR count). The molecule has 0 radical (unpaired) electrons. The van der Waals surface area contributed by atoms with Crippen LogP contribution in [0.5, 0.6) is 0 Å². The molecule has 0 bridgehead atoms. The van der Waals surface area contributed by atoms with Gasteiger partial charge in [0.15, 0.2) is 5.82 Å². The van der Waals surface area contributed by atoms with Crippen LogP contribution in [0.1, 0.15) is 18.4 Å². The summed E-state index contributed by atoms with van der Waals surface area (Å²) in [5.74, 6) is 0.203. The fourth-order valence-corrected chi connectivity index (χ4v) is 2.80. The SMILES string of the molecule is O=C(Nc1cn2cc(-c3c(F)cccc3CO)ccc2n1)C1CC1. The predicted octanol–water partition coefficient (Wildman–Crippen LogP) is 2.98. The molecule has 0 spiro atoms. The number of halogens is 1. The summed E-state index contributed by atoms with van der Waals surface area (Å²) in [5, 5.41) is 12.2. The zero-order valence-electron chi connectivity index (χ0n) is 12.9. The first-order valence-corrected chi connectivity index (χ1v) is 7.84. The van der Waals surface area contributed by atoms with Gasteiger partial charge in [0.05, 0.1) is 12.8 Å². The molecule has 1 amide bonds. The third-order valence-electron chi connectivity index (χ3n) is 4.21. The van der Waals surface area contributed by atoms with Crippen LogP contribution in [0.15, 0.2) is 42.7 Å². The van der Waals surface area contributed by atoms with Gasteiger partial charge in [0.25, 0.3) is 0 Å². The molecular formula is C18H16FN3O2. The molecule has 2 N–H and O–H groups in total. The number of aliphatic hydroxyl groups is 1. The van der Waals surface area contributed by atoms with E-state index in [-0.39, 0.29) is 24.2 Å². The van der Waals surface area contributed by atoms with Crippen molar-refractivity contribution in [1.82, 2.24) is 9.38 Å². The monoisotopic (exact) mass is 325 g/mol. The smallest absolute Gasteiger partial charge is 0.228 e. The molecule has 1 aromatic carbocycles. The van der Waals surface area contributed by atoms with Crippen molar-refractivity contribution in [2.45, 2.75) is 19.4 Å². The highest BCUT2D eigenvalue weighted by Gasteiger charge is 2.30. The van der Waals surface area contributed by atoms with Crippen molar-refractivity contribution in [1.29, 1.82) is 0 Å². The third kappa shape index (κ3) is 2.65. The van der Waals surface area contributed by atoms with Crippen LogP contribution in [0.4, 0.5) is 10.2 Å². The summed E-state index contributed by atoms with van der Waals surface area (Å²) >= 11 is 0. The number of carbonyl (C=O) groups excluding carboxylic acids is 1. The van der Waals surface area contributed by atoms with Gasteiger partial charge in [0.1, 0.15) is 11.5 Å². The Balaban J connectivity index is 1.72. The van der Waals surface area contributed by atoms with E-state index in [0.717, 1.165) is 12.8 Å². The second-order valence-electron chi connectivity index (χ2n) is 6.00. The normalized spacial score (nSPS) is 14.1. The van der Waals surface area contributed by atoms with Crippen molar-refractivity contribution in [3.05, 3.63) is 54.1 Å². The van der Waals surface area contributed by atoms with Gasteiger partial charge in [-0.2, -0.15) is 0 Å². The van der Waals surface area contributed by atoms with Crippen LogP contribution in [0, 0.1) is 11.7 Å². The van der Waals surface area contributed by atoms with Crippen molar-refractivity contribution < 1.29 is 14.3 Å². The van der Waals surface area contributed by atoms with E-state index in [9.17, 15) is 14.3 Å². The molecular weight excluding hydrogens is 309 g/mol. The van der Waals surface area contributed by atoms with Gasteiger partial charge >= 0.3 is 0 Å². The van der Waals surface area contributed by atoms with Crippen LogP contribution < -0.4 is 5.32 Å². The lowest BCUT2D eigenvalue weighted by Gasteiger charge is -2.09. The van der Waals surface area contributed by atoms with Gasteiger partial charge in [0, 0.05) is 23.2 Å². The molecule has 122 valence electrons. The Morgan fingerprint density at radius 2 is 2.12 bits per heavy atom. The summed E-state index contributed by atoms with van der Waals surface area (Å²) in [6, 6.07) is 8.15. The molecule has 0 unspecified atom stereocenters. The third-order valence-corrected chi connectivity index (χ3v) is 4.21. The standard InChI is InChI=1S/C18H16FN3O2/c19-14-3-1-2-13(10-23)17(14)12-6-7-16-20-15(9-22(16)8-12)21-18(24)11-4-5-11/h1-3,6-9,11,23H,4-5,10H2,(H,21,24). The van der Waals surface area contributed by atoms with Crippen LogP contribution in [0.25, 0.3) is 16.8 Å². The first-order valence-electron chi connectivity index (χ1n) is 7.84. The summed E-state index contributed by atoms with van der Waals surface area (Å²) in [5.41, 5.74) is 2.20. The number of amides is 1. The summed E-state index contributed by atoms with van der Waals surface area (Å²) in [6.07, 6.45) is 5.31. The number of rotatable bonds is 4. The largest absolute Gasteiger partial charge is 0.392 e. The van der Waals surface area contributed by atoms with Crippen molar-refractivity contribution >= 4 is 17.4 Å². The molecule has 0 atom stereocenters. The van der Waals surface area contributed by atoms with Gasteiger partial charge in [-0.15, -0.1) is 0 Å². The molecule has 1 saturated carbocycles. The predicted molar refractivity (Wildman–Crippen MR) is 87.9 cm³/mol. The Hall–Kier alpha value is -2.73. The first kappa shape index (κ1) is 14.8. The number of aromatic nitrogens is 2. The Morgan fingerprint density at radius 3 is 2.88 bits per heavy atom. The lowest BCUT2D eigenvalue weighted by molar-refractivity contribution is -0.117. The molecule has 0 saturated heterocycles. The highest BCUT2D eigenvalue weighted by molar-refractivity contribution is 5.93. The first-order chi connectivity index (χ1) is 11.7. The lowest BCUT2D eigenvalue weighted by atomic mass is 10.0. The average Bonchev–Trinajstić information content (AvgIpc) is 3.35. The maximum absolute atomic E-state index is 14.2. The van der Waals surface area contributed by atoms with Gasteiger partial charge in [-0.3, -0.25) is 4.79 Å². The summed E-state index contributed by atoms with van der Waals surface area (Å²) < 4.78 is 15.9. The molecule has 24 heavy (non-hydrogen) atoms. The Labute approximate surface area is 137 Å². The lowest BCUT2D eigenvalue weighted by Crippen LogP contribution is -2.13. The molecule has 2 aromatic heterocycles. The quantitative estimate of drug-likeness (QED) is 0.775. The molecule has 3 aromatic rings. The van der Waals surface area contributed by atoms with E-state index in [1.807, 2.05) is 0 Å². The maximum atomic E-state index is 14.2.